The molecule has 1 aromatic carbocycles. The van der Waals surface area contributed by atoms with Crippen molar-refractivity contribution in [2.24, 2.45) is 10.7 Å². The number of hydrogen-bond acceptors (Lipinski definition) is 3. The van der Waals surface area contributed by atoms with Crippen molar-refractivity contribution in [3.63, 3.8) is 0 Å². The summed E-state index contributed by atoms with van der Waals surface area (Å²) in [5.41, 5.74) is 6.51. The Morgan fingerprint density at radius 2 is 2.13 bits per heavy atom. The Bertz CT molecular complexity index is 385. The molecule has 3 nitrogen and oxygen atoms in total. The largest absolute Gasteiger partial charge is 0.370 e. The first-order valence-electron chi connectivity index (χ1n) is 4.90. The van der Waals surface area contributed by atoms with Crippen molar-refractivity contribution in [3.8, 4) is 0 Å². The SMILES string of the molecule is CC1(Cc2ccc(F)cc2)CN=C(N)N1. The number of halogens is 1. The molecule has 0 bridgehead atoms. The van der Waals surface area contributed by atoms with Crippen LogP contribution in [0, 0.1) is 5.82 Å². The van der Waals surface area contributed by atoms with Crippen molar-refractivity contribution in [2.75, 3.05) is 6.54 Å². The summed E-state index contributed by atoms with van der Waals surface area (Å²) in [5.74, 6) is 0.277. The third-order valence-electron chi connectivity index (χ3n) is 2.54. The molecule has 0 fully saturated rings. The van der Waals surface area contributed by atoms with Crippen molar-refractivity contribution < 1.29 is 4.39 Å². The van der Waals surface area contributed by atoms with Gasteiger partial charge >= 0.3 is 0 Å². The van der Waals surface area contributed by atoms with Crippen LogP contribution in [0.1, 0.15) is 12.5 Å². The van der Waals surface area contributed by atoms with Gasteiger partial charge in [-0.3, -0.25) is 4.99 Å². The summed E-state index contributed by atoms with van der Waals surface area (Å²) in [6.45, 7) is 2.72. The number of guanidine groups is 1. The van der Waals surface area contributed by atoms with Crippen LogP contribution < -0.4 is 11.1 Å². The van der Waals surface area contributed by atoms with Crippen LogP contribution in [0.15, 0.2) is 29.3 Å². The molecule has 4 heteroatoms. The van der Waals surface area contributed by atoms with Gasteiger partial charge in [0.2, 0.25) is 0 Å². The lowest BCUT2D eigenvalue weighted by Crippen LogP contribution is -2.47. The quantitative estimate of drug-likeness (QED) is 0.761. The first kappa shape index (κ1) is 9.96. The third-order valence-corrected chi connectivity index (χ3v) is 2.54. The summed E-state index contributed by atoms with van der Waals surface area (Å²) in [6, 6.07) is 6.52. The zero-order valence-electron chi connectivity index (χ0n) is 8.63. The molecule has 80 valence electrons. The molecule has 1 heterocycles. The topological polar surface area (TPSA) is 50.4 Å². The highest BCUT2D eigenvalue weighted by Gasteiger charge is 2.29. The van der Waals surface area contributed by atoms with Crippen molar-refractivity contribution in [2.45, 2.75) is 18.9 Å². The Labute approximate surface area is 88.2 Å². The average molecular weight is 207 g/mol. The molecule has 0 radical (unpaired) electrons. The van der Waals surface area contributed by atoms with Crippen LogP contribution in [0.2, 0.25) is 0 Å². The van der Waals surface area contributed by atoms with Crippen LogP contribution in [0.3, 0.4) is 0 Å². The van der Waals surface area contributed by atoms with Gasteiger partial charge in [-0.1, -0.05) is 12.1 Å². The maximum absolute atomic E-state index is 12.7. The van der Waals surface area contributed by atoms with E-state index in [1.54, 1.807) is 12.1 Å². The number of nitrogens with one attached hydrogen (secondary N) is 1. The van der Waals surface area contributed by atoms with E-state index in [4.69, 9.17) is 5.73 Å². The zero-order chi connectivity index (χ0) is 10.9. The van der Waals surface area contributed by atoms with Gasteiger partial charge < -0.3 is 11.1 Å². The second kappa shape index (κ2) is 3.53. The van der Waals surface area contributed by atoms with Gasteiger partial charge in [0, 0.05) is 0 Å². The number of nitrogens with two attached hydrogens (primary N) is 1. The van der Waals surface area contributed by atoms with Gasteiger partial charge in [-0.15, -0.1) is 0 Å². The number of hydrogen-bond donors (Lipinski definition) is 2. The van der Waals surface area contributed by atoms with Gasteiger partial charge in [0.25, 0.3) is 0 Å². The van der Waals surface area contributed by atoms with Crippen molar-refractivity contribution >= 4 is 5.96 Å². The maximum Gasteiger partial charge on any atom is 0.189 e. The fourth-order valence-electron chi connectivity index (χ4n) is 1.80. The summed E-state index contributed by atoms with van der Waals surface area (Å²) in [4.78, 5) is 4.11. The van der Waals surface area contributed by atoms with E-state index in [2.05, 4.69) is 17.2 Å². The molecular formula is C11H14FN3. The maximum atomic E-state index is 12.7. The van der Waals surface area contributed by atoms with E-state index in [0.717, 1.165) is 12.0 Å². The molecule has 3 N–H and O–H groups in total. The predicted molar refractivity (Wildman–Crippen MR) is 58.1 cm³/mol. The lowest BCUT2D eigenvalue weighted by atomic mass is 9.94. The Kier molecular flexibility index (Phi) is 2.34. The van der Waals surface area contributed by atoms with Crippen LogP contribution in [-0.2, 0) is 6.42 Å². The molecule has 1 unspecified atom stereocenters. The van der Waals surface area contributed by atoms with Gasteiger partial charge in [0.05, 0.1) is 12.1 Å². The van der Waals surface area contributed by atoms with Gasteiger partial charge in [-0.05, 0) is 31.0 Å². The third kappa shape index (κ3) is 2.26. The minimum absolute atomic E-state index is 0.137. The van der Waals surface area contributed by atoms with Gasteiger partial charge in [0.1, 0.15) is 5.82 Å². The average Bonchev–Trinajstić information content (AvgIpc) is 2.50. The minimum atomic E-state index is -0.209. The van der Waals surface area contributed by atoms with E-state index in [9.17, 15) is 4.39 Å². The molecule has 1 atom stereocenters. The highest BCUT2D eigenvalue weighted by Crippen LogP contribution is 2.17. The lowest BCUT2D eigenvalue weighted by Gasteiger charge is -2.24. The molecular weight excluding hydrogens is 193 g/mol. The first-order valence-corrected chi connectivity index (χ1v) is 4.90. The first-order chi connectivity index (χ1) is 7.07. The molecule has 2 rings (SSSR count). The van der Waals surface area contributed by atoms with E-state index in [-0.39, 0.29) is 11.4 Å². The Morgan fingerprint density at radius 3 is 2.67 bits per heavy atom. The monoisotopic (exact) mass is 207 g/mol. The molecule has 0 aliphatic carbocycles. The summed E-state index contributed by atoms with van der Waals surface area (Å²) < 4.78 is 12.7. The molecule has 1 aliphatic rings. The highest BCUT2D eigenvalue weighted by atomic mass is 19.1. The van der Waals surface area contributed by atoms with Crippen LogP contribution in [0.5, 0.6) is 0 Å². The normalized spacial score (nSPS) is 24.8. The molecule has 0 saturated carbocycles. The fourth-order valence-corrected chi connectivity index (χ4v) is 1.80. The fraction of sp³-hybridized carbons (Fsp3) is 0.364. The van der Waals surface area contributed by atoms with E-state index >= 15 is 0 Å². The molecule has 0 spiro atoms. The molecule has 0 saturated heterocycles. The number of aliphatic imine (C=N–C) groups is 1. The van der Waals surface area contributed by atoms with E-state index < -0.39 is 0 Å². The number of nitrogens with zero attached hydrogens (tertiary/aromatic N) is 1. The zero-order valence-corrected chi connectivity index (χ0v) is 8.63. The van der Waals surface area contributed by atoms with Gasteiger partial charge in [-0.2, -0.15) is 0 Å². The van der Waals surface area contributed by atoms with Gasteiger partial charge in [-0.25, -0.2) is 4.39 Å². The standard InChI is InChI=1S/C11H14FN3/c1-11(7-14-10(13)15-11)6-8-2-4-9(12)5-3-8/h2-5H,6-7H2,1H3,(H3,13,14,15). The number of rotatable bonds is 2. The smallest absolute Gasteiger partial charge is 0.189 e. The van der Waals surface area contributed by atoms with Crippen molar-refractivity contribution in [1.82, 2.24) is 5.32 Å². The molecule has 1 aromatic rings. The van der Waals surface area contributed by atoms with Crippen LogP contribution in [0.25, 0.3) is 0 Å². The van der Waals surface area contributed by atoms with E-state index in [0.29, 0.717) is 12.5 Å². The van der Waals surface area contributed by atoms with E-state index in [1.165, 1.54) is 12.1 Å². The Balaban J connectivity index is 2.06. The van der Waals surface area contributed by atoms with Crippen molar-refractivity contribution in [3.05, 3.63) is 35.6 Å². The Hall–Kier alpha value is -1.58. The highest BCUT2D eigenvalue weighted by molar-refractivity contribution is 5.80. The molecule has 15 heavy (non-hydrogen) atoms. The van der Waals surface area contributed by atoms with Gasteiger partial charge in [0.15, 0.2) is 5.96 Å². The second-order valence-electron chi connectivity index (χ2n) is 4.19. The van der Waals surface area contributed by atoms with Crippen LogP contribution in [-0.4, -0.2) is 18.0 Å². The predicted octanol–water partition coefficient (Wildman–Crippen LogP) is 1.04. The summed E-state index contributed by atoms with van der Waals surface area (Å²) in [5, 5.41) is 3.13. The molecule has 1 aliphatic heterocycles. The summed E-state index contributed by atoms with van der Waals surface area (Å²) in [6.07, 6.45) is 0.789. The number of benzene rings is 1. The van der Waals surface area contributed by atoms with Crippen LogP contribution in [0.4, 0.5) is 4.39 Å². The summed E-state index contributed by atoms with van der Waals surface area (Å²) >= 11 is 0. The Morgan fingerprint density at radius 1 is 1.47 bits per heavy atom. The minimum Gasteiger partial charge on any atom is -0.370 e. The molecule has 0 aromatic heterocycles. The van der Waals surface area contributed by atoms with Crippen LogP contribution >= 0.6 is 0 Å². The molecule has 0 amide bonds. The second-order valence-corrected chi connectivity index (χ2v) is 4.19. The lowest BCUT2D eigenvalue weighted by molar-refractivity contribution is 0.452. The van der Waals surface area contributed by atoms with Crippen molar-refractivity contribution in [1.29, 1.82) is 0 Å². The van der Waals surface area contributed by atoms with E-state index in [1.807, 2.05) is 0 Å². The summed E-state index contributed by atoms with van der Waals surface area (Å²) in [7, 11) is 0.